The minimum absolute atomic E-state index is 0.297. The lowest BCUT2D eigenvalue weighted by molar-refractivity contribution is 0.225. The highest BCUT2D eigenvalue weighted by atomic mass is 16.2. The van der Waals surface area contributed by atoms with Crippen molar-refractivity contribution >= 4 is 0 Å². The van der Waals surface area contributed by atoms with Gasteiger partial charge < -0.3 is 10.4 Å². The van der Waals surface area contributed by atoms with Gasteiger partial charge >= 0.3 is 0 Å². The lowest BCUT2D eigenvalue weighted by Crippen LogP contribution is -2.39. The van der Waals surface area contributed by atoms with E-state index in [0.29, 0.717) is 24.0 Å². The second-order valence-corrected chi connectivity index (χ2v) is 5.63. The van der Waals surface area contributed by atoms with Gasteiger partial charge in [-0.05, 0) is 30.6 Å². The van der Waals surface area contributed by atoms with Crippen molar-refractivity contribution in [1.29, 1.82) is 0 Å². The Kier molecular flexibility index (Phi) is 7.20. The highest BCUT2D eigenvalue weighted by molar-refractivity contribution is 4.76. The third kappa shape index (κ3) is 6.91. The van der Waals surface area contributed by atoms with E-state index in [1.54, 1.807) is 0 Å². The summed E-state index contributed by atoms with van der Waals surface area (Å²) in [5.41, 5.74) is 0.297. The fourth-order valence-electron chi connectivity index (χ4n) is 1.90. The normalized spacial score (nSPS) is 14.6. The molecule has 0 saturated carbocycles. The largest absolute Gasteiger partial charge is 0.396 e. The first kappa shape index (κ1) is 14.9. The Morgan fingerprint density at radius 2 is 1.87 bits per heavy atom. The summed E-state index contributed by atoms with van der Waals surface area (Å²) in [5, 5.41) is 12.5. The summed E-state index contributed by atoms with van der Waals surface area (Å²) in [6, 6.07) is 0.624. The van der Waals surface area contributed by atoms with Gasteiger partial charge in [-0.15, -0.1) is 0 Å². The van der Waals surface area contributed by atoms with Crippen molar-refractivity contribution in [2.75, 3.05) is 13.2 Å². The van der Waals surface area contributed by atoms with Crippen LogP contribution in [0.15, 0.2) is 0 Å². The number of nitrogens with one attached hydrogen (secondary N) is 1. The lowest BCUT2D eigenvalue weighted by Gasteiger charge is -2.29. The average molecular weight is 215 g/mol. The van der Waals surface area contributed by atoms with Crippen LogP contribution in [0.4, 0.5) is 0 Å². The van der Waals surface area contributed by atoms with Gasteiger partial charge in [0.2, 0.25) is 0 Å². The molecule has 0 aromatic carbocycles. The van der Waals surface area contributed by atoms with Crippen molar-refractivity contribution in [1.82, 2.24) is 5.32 Å². The summed E-state index contributed by atoms with van der Waals surface area (Å²) in [4.78, 5) is 0. The summed E-state index contributed by atoms with van der Waals surface area (Å²) in [7, 11) is 0. The topological polar surface area (TPSA) is 32.3 Å². The van der Waals surface area contributed by atoms with E-state index >= 15 is 0 Å². The van der Waals surface area contributed by atoms with Crippen molar-refractivity contribution in [3.8, 4) is 0 Å². The molecule has 2 N–H and O–H groups in total. The molecule has 92 valence electrons. The van der Waals surface area contributed by atoms with Crippen LogP contribution >= 0.6 is 0 Å². The van der Waals surface area contributed by atoms with E-state index in [9.17, 15) is 0 Å². The van der Waals surface area contributed by atoms with E-state index in [1.165, 1.54) is 6.42 Å². The Morgan fingerprint density at radius 1 is 1.27 bits per heavy atom. The molecule has 2 nitrogen and oxygen atoms in total. The summed E-state index contributed by atoms with van der Waals surface area (Å²) in [5.74, 6) is 0.698. The van der Waals surface area contributed by atoms with Crippen LogP contribution in [0.25, 0.3) is 0 Å². The fourth-order valence-corrected chi connectivity index (χ4v) is 1.90. The van der Waals surface area contributed by atoms with Crippen molar-refractivity contribution in [3.05, 3.63) is 0 Å². The molecular formula is C13H29NO. The molecule has 0 radical (unpaired) electrons. The summed E-state index contributed by atoms with van der Waals surface area (Å²) >= 11 is 0. The highest BCUT2D eigenvalue weighted by Crippen LogP contribution is 2.21. The van der Waals surface area contributed by atoms with Gasteiger partial charge in [-0.25, -0.2) is 0 Å². The molecule has 0 rings (SSSR count). The molecule has 0 aromatic heterocycles. The van der Waals surface area contributed by atoms with Crippen LogP contribution in [0.1, 0.15) is 53.9 Å². The molecule has 0 bridgehead atoms. The molecule has 0 spiro atoms. The van der Waals surface area contributed by atoms with Gasteiger partial charge in [0.1, 0.15) is 0 Å². The third-order valence-electron chi connectivity index (χ3n) is 3.10. The van der Waals surface area contributed by atoms with Crippen LogP contribution in [-0.2, 0) is 0 Å². The molecule has 15 heavy (non-hydrogen) atoms. The molecule has 0 aliphatic carbocycles. The number of aliphatic hydroxyl groups is 1. The molecule has 1 unspecified atom stereocenters. The van der Waals surface area contributed by atoms with Crippen LogP contribution < -0.4 is 5.32 Å². The third-order valence-corrected chi connectivity index (χ3v) is 3.10. The van der Waals surface area contributed by atoms with Crippen LogP contribution in [0.3, 0.4) is 0 Å². The molecular weight excluding hydrogens is 186 g/mol. The van der Waals surface area contributed by atoms with E-state index in [4.69, 9.17) is 5.11 Å². The number of hydrogen-bond donors (Lipinski definition) is 2. The highest BCUT2D eigenvalue weighted by Gasteiger charge is 2.19. The smallest absolute Gasteiger partial charge is 0.0431 e. The molecule has 0 aliphatic heterocycles. The monoisotopic (exact) mass is 215 g/mol. The van der Waals surface area contributed by atoms with E-state index in [2.05, 4.69) is 39.9 Å². The van der Waals surface area contributed by atoms with E-state index in [1.807, 2.05) is 0 Å². The standard InChI is InChI=1S/C13H29NO/c1-6-12(11(2)3)14-10-13(4,5)8-7-9-15/h11-12,14-15H,6-10H2,1-5H3. The van der Waals surface area contributed by atoms with Crippen LogP contribution in [-0.4, -0.2) is 24.3 Å². The number of aliphatic hydroxyl groups excluding tert-OH is 1. The molecule has 0 heterocycles. The van der Waals surface area contributed by atoms with Crippen LogP contribution in [0.2, 0.25) is 0 Å². The predicted octanol–water partition coefficient (Wildman–Crippen LogP) is 2.81. The Balaban J connectivity index is 3.89. The first-order valence-electron chi connectivity index (χ1n) is 6.27. The first-order chi connectivity index (χ1) is 6.93. The first-order valence-corrected chi connectivity index (χ1v) is 6.27. The van der Waals surface area contributed by atoms with Gasteiger partial charge in [-0.2, -0.15) is 0 Å². The molecule has 0 aromatic rings. The van der Waals surface area contributed by atoms with Gasteiger partial charge in [-0.1, -0.05) is 34.6 Å². The lowest BCUT2D eigenvalue weighted by atomic mass is 9.87. The molecule has 1 atom stereocenters. The van der Waals surface area contributed by atoms with Crippen LogP contribution in [0, 0.1) is 11.3 Å². The fraction of sp³-hybridized carbons (Fsp3) is 1.00. The number of rotatable bonds is 8. The van der Waals surface area contributed by atoms with E-state index in [0.717, 1.165) is 19.4 Å². The zero-order valence-electron chi connectivity index (χ0n) is 11.1. The Morgan fingerprint density at radius 3 is 2.27 bits per heavy atom. The summed E-state index contributed by atoms with van der Waals surface area (Å²) in [6.07, 6.45) is 3.19. The summed E-state index contributed by atoms with van der Waals surface area (Å²) < 4.78 is 0. The zero-order chi connectivity index (χ0) is 11.9. The average Bonchev–Trinajstić information content (AvgIpc) is 2.15. The Bertz CT molecular complexity index is 155. The summed E-state index contributed by atoms with van der Waals surface area (Å²) in [6.45, 7) is 12.7. The second kappa shape index (κ2) is 7.24. The predicted molar refractivity (Wildman–Crippen MR) is 67.0 cm³/mol. The molecule has 0 amide bonds. The maximum atomic E-state index is 8.82. The molecule has 0 fully saturated rings. The quantitative estimate of drug-likeness (QED) is 0.652. The van der Waals surface area contributed by atoms with Crippen molar-refractivity contribution in [3.63, 3.8) is 0 Å². The van der Waals surface area contributed by atoms with Crippen molar-refractivity contribution in [2.24, 2.45) is 11.3 Å². The minimum Gasteiger partial charge on any atom is -0.396 e. The van der Waals surface area contributed by atoms with Crippen molar-refractivity contribution < 1.29 is 5.11 Å². The van der Waals surface area contributed by atoms with Gasteiger partial charge in [0.15, 0.2) is 0 Å². The molecule has 0 saturated heterocycles. The molecule has 2 heteroatoms. The van der Waals surface area contributed by atoms with Crippen molar-refractivity contribution in [2.45, 2.75) is 59.9 Å². The van der Waals surface area contributed by atoms with Gasteiger partial charge in [-0.3, -0.25) is 0 Å². The van der Waals surface area contributed by atoms with Gasteiger partial charge in [0.05, 0.1) is 0 Å². The SMILES string of the molecule is CCC(NCC(C)(C)CCCO)C(C)C. The minimum atomic E-state index is 0.297. The molecule has 0 aliphatic rings. The Hall–Kier alpha value is -0.0800. The number of hydrogen-bond acceptors (Lipinski definition) is 2. The maximum Gasteiger partial charge on any atom is 0.0431 e. The Labute approximate surface area is 95.5 Å². The maximum absolute atomic E-state index is 8.82. The van der Waals surface area contributed by atoms with Gasteiger partial charge in [0.25, 0.3) is 0 Å². The second-order valence-electron chi connectivity index (χ2n) is 5.63. The van der Waals surface area contributed by atoms with E-state index < -0.39 is 0 Å². The van der Waals surface area contributed by atoms with Crippen LogP contribution in [0.5, 0.6) is 0 Å². The zero-order valence-corrected chi connectivity index (χ0v) is 11.1. The van der Waals surface area contributed by atoms with E-state index in [-0.39, 0.29) is 0 Å². The van der Waals surface area contributed by atoms with Gasteiger partial charge in [0, 0.05) is 19.2 Å².